The number of nitrogens with zero attached hydrogens (tertiary/aromatic N) is 1. The molecule has 0 saturated carbocycles. The molecule has 0 aromatic carbocycles. The van der Waals surface area contributed by atoms with Gasteiger partial charge in [-0.05, 0) is 19.8 Å². The van der Waals surface area contributed by atoms with Gasteiger partial charge in [0.15, 0.2) is 0 Å². The topological polar surface area (TPSA) is 66.8 Å². The second-order valence-corrected chi connectivity index (χ2v) is 3.77. The Labute approximate surface area is 81.6 Å². The minimum Gasteiger partial charge on any atom is -0.394 e. The molecule has 0 radical (unpaired) electrons. The fourth-order valence-corrected chi connectivity index (χ4v) is 1.94. The minimum absolute atomic E-state index is 0.198. The second kappa shape index (κ2) is 3.33. The molecule has 78 valence electrons. The molecule has 2 aliphatic rings. The number of hydrogen-bond acceptors (Lipinski definition) is 4. The zero-order valence-electron chi connectivity index (χ0n) is 7.97. The SMILES string of the molecule is CC(CO)N1C(=O)C2CCC(O2)C1=O. The highest BCUT2D eigenvalue weighted by Gasteiger charge is 2.47. The van der Waals surface area contributed by atoms with E-state index in [1.165, 1.54) is 0 Å². The van der Waals surface area contributed by atoms with Gasteiger partial charge in [0.2, 0.25) is 0 Å². The van der Waals surface area contributed by atoms with E-state index in [-0.39, 0.29) is 18.4 Å². The van der Waals surface area contributed by atoms with Crippen LogP contribution in [0.3, 0.4) is 0 Å². The van der Waals surface area contributed by atoms with Gasteiger partial charge in [-0.1, -0.05) is 0 Å². The first-order valence-corrected chi connectivity index (χ1v) is 4.78. The maximum atomic E-state index is 11.7. The number of imide groups is 1. The molecule has 0 aromatic rings. The largest absolute Gasteiger partial charge is 0.394 e. The lowest BCUT2D eigenvalue weighted by molar-refractivity contribution is -0.172. The number of hydrogen-bond donors (Lipinski definition) is 1. The summed E-state index contributed by atoms with van der Waals surface area (Å²) < 4.78 is 5.22. The van der Waals surface area contributed by atoms with Gasteiger partial charge < -0.3 is 9.84 Å². The van der Waals surface area contributed by atoms with Crippen LogP contribution in [0.1, 0.15) is 19.8 Å². The molecule has 2 rings (SSSR count). The predicted molar refractivity (Wildman–Crippen MR) is 46.3 cm³/mol. The lowest BCUT2D eigenvalue weighted by Gasteiger charge is -2.33. The Hall–Kier alpha value is -0.940. The van der Waals surface area contributed by atoms with Gasteiger partial charge in [-0.3, -0.25) is 14.5 Å². The van der Waals surface area contributed by atoms with Crippen LogP contribution in [0.25, 0.3) is 0 Å². The van der Waals surface area contributed by atoms with E-state index in [0.717, 1.165) is 4.90 Å². The summed E-state index contributed by atoms with van der Waals surface area (Å²) in [6, 6.07) is -0.443. The van der Waals surface area contributed by atoms with Gasteiger partial charge in [0.1, 0.15) is 12.2 Å². The summed E-state index contributed by atoms with van der Waals surface area (Å²) >= 11 is 0. The van der Waals surface area contributed by atoms with Crippen LogP contribution in [-0.4, -0.2) is 46.7 Å². The highest BCUT2D eigenvalue weighted by molar-refractivity contribution is 6.02. The number of aliphatic hydroxyl groups excluding tert-OH is 1. The first-order chi connectivity index (χ1) is 6.65. The molecule has 3 unspecified atom stereocenters. The van der Waals surface area contributed by atoms with E-state index < -0.39 is 18.2 Å². The lowest BCUT2D eigenvalue weighted by atomic mass is 10.2. The van der Waals surface area contributed by atoms with E-state index in [2.05, 4.69) is 0 Å². The van der Waals surface area contributed by atoms with Crippen molar-refractivity contribution in [3.05, 3.63) is 0 Å². The van der Waals surface area contributed by atoms with Crippen LogP contribution >= 0.6 is 0 Å². The van der Waals surface area contributed by atoms with Crippen LogP contribution in [0.2, 0.25) is 0 Å². The van der Waals surface area contributed by atoms with Crippen LogP contribution in [-0.2, 0) is 14.3 Å². The van der Waals surface area contributed by atoms with Gasteiger partial charge in [-0.2, -0.15) is 0 Å². The first-order valence-electron chi connectivity index (χ1n) is 4.78. The molecule has 14 heavy (non-hydrogen) atoms. The van der Waals surface area contributed by atoms with Gasteiger partial charge in [0.25, 0.3) is 11.8 Å². The van der Waals surface area contributed by atoms with E-state index >= 15 is 0 Å². The van der Waals surface area contributed by atoms with Crippen LogP contribution < -0.4 is 0 Å². The smallest absolute Gasteiger partial charge is 0.258 e. The maximum absolute atomic E-state index is 11.7. The average Bonchev–Trinajstić information content (AvgIpc) is 2.61. The summed E-state index contributed by atoms with van der Waals surface area (Å²) in [7, 11) is 0. The van der Waals surface area contributed by atoms with Gasteiger partial charge >= 0.3 is 0 Å². The van der Waals surface area contributed by atoms with Crippen molar-refractivity contribution >= 4 is 11.8 Å². The van der Waals surface area contributed by atoms with Crippen molar-refractivity contribution in [3.8, 4) is 0 Å². The van der Waals surface area contributed by atoms with E-state index in [0.29, 0.717) is 12.8 Å². The third-order valence-corrected chi connectivity index (χ3v) is 2.75. The first kappa shape index (κ1) is 9.61. The lowest BCUT2D eigenvalue weighted by Crippen LogP contribution is -2.56. The molecule has 2 amide bonds. The van der Waals surface area contributed by atoms with Crippen LogP contribution in [0, 0.1) is 0 Å². The fourth-order valence-electron chi connectivity index (χ4n) is 1.94. The van der Waals surface area contributed by atoms with Crippen molar-refractivity contribution in [2.24, 2.45) is 0 Å². The summed E-state index contributed by atoms with van der Waals surface area (Å²) in [6.07, 6.45) is 0.298. The highest BCUT2D eigenvalue weighted by atomic mass is 16.5. The van der Waals surface area contributed by atoms with Gasteiger partial charge in [-0.25, -0.2) is 0 Å². The van der Waals surface area contributed by atoms with Gasteiger partial charge in [0.05, 0.1) is 12.6 Å². The summed E-state index contributed by atoms with van der Waals surface area (Å²) in [4.78, 5) is 24.5. The molecular formula is C9H13NO4. The summed E-state index contributed by atoms with van der Waals surface area (Å²) in [5.41, 5.74) is 0. The summed E-state index contributed by atoms with van der Waals surface area (Å²) in [6.45, 7) is 1.46. The summed E-state index contributed by atoms with van der Waals surface area (Å²) in [5.74, 6) is -0.601. The Kier molecular flexibility index (Phi) is 2.28. The number of rotatable bonds is 2. The van der Waals surface area contributed by atoms with Crippen LogP contribution in [0.4, 0.5) is 0 Å². The van der Waals surface area contributed by atoms with Gasteiger partial charge in [0, 0.05) is 0 Å². The Balaban J connectivity index is 2.23. The molecule has 2 aliphatic heterocycles. The quantitative estimate of drug-likeness (QED) is 0.596. The molecule has 0 spiro atoms. The van der Waals surface area contributed by atoms with Gasteiger partial charge in [-0.15, -0.1) is 0 Å². The second-order valence-electron chi connectivity index (χ2n) is 3.77. The monoisotopic (exact) mass is 199 g/mol. The molecule has 2 fully saturated rings. The number of amides is 2. The van der Waals surface area contributed by atoms with E-state index in [1.807, 2.05) is 0 Å². The van der Waals surface area contributed by atoms with Crippen molar-refractivity contribution in [2.75, 3.05) is 6.61 Å². The number of aliphatic hydroxyl groups is 1. The van der Waals surface area contributed by atoms with Crippen molar-refractivity contribution in [1.29, 1.82) is 0 Å². The molecule has 5 heteroatoms. The van der Waals surface area contributed by atoms with Crippen LogP contribution in [0.5, 0.6) is 0 Å². The average molecular weight is 199 g/mol. The van der Waals surface area contributed by atoms with Crippen molar-refractivity contribution in [2.45, 2.75) is 38.0 Å². The van der Waals surface area contributed by atoms with E-state index in [9.17, 15) is 9.59 Å². The Bertz CT molecular complexity index is 256. The van der Waals surface area contributed by atoms with E-state index in [1.54, 1.807) is 6.92 Å². The molecule has 0 aromatic heterocycles. The highest BCUT2D eigenvalue weighted by Crippen LogP contribution is 2.29. The number of ether oxygens (including phenoxy) is 1. The van der Waals surface area contributed by atoms with Crippen molar-refractivity contribution in [3.63, 3.8) is 0 Å². The molecule has 2 heterocycles. The molecule has 0 aliphatic carbocycles. The molecule has 3 atom stereocenters. The molecule has 1 N–H and O–H groups in total. The zero-order chi connectivity index (χ0) is 10.3. The third-order valence-electron chi connectivity index (χ3n) is 2.75. The van der Waals surface area contributed by atoms with E-state index in [4.69, 9.17) is 9.84 Å². The minimum atomic E-state index is -0.466. The zero-order valence-corrected chi connectivity index (χ0v) is 7.97. The normalized spacial score (nSPS) is 33.7. The number of likely N-dealkylation sites (tertiary alicyclic amines) is 1. The Morgan fingerprint density at radius 1 is 1.43 bits per heavy atom. The Morgan fingerprint density at radius 2 is 1.93 bits per heavy atom. The summed E-state index contributed by atoms with van der Waals surface area (Å²) in [5, 5.41) is 8.93. The molecule has 2 saturated heterocycles. The maximum Gasteiger partial charge on any atom is 0.258 e. The number of fused-ring (bicyclic) bond motifs is 2. The molecule has 2 bridgehead atoms. The third kappa shape index (κ3) is 1.24. The molecular weight excluding hydrogens is 186 g/mol. The van der Waals surface area contributed by atoms with Crippen LogP contribution in [0.15, 0.2) is 0 Å². The molecule has 5 nitrogen and oxygen atoms in total. The number of carbonyl (C=O) groups excluding carboxylic acids is 2. The number of morpholine rings is 1. The predicted octanol–water partition coefficient (Wildman–Crippen LogP) is -0.716. The standard InChI is InChI=1S/C9H13NO4/c1-5(4-11)10-8(12)6-2-3-7(14-6)9(10)13/h5-7,11H,2-4H2,1H3. The van der Waals surface area contributed by atoms with Crippen molar-refractivity contribution in [1.82, 2.24) is 4.90 Å². The fraction of sp³-hybridized carbons (Fsp3) is 0.778. The number of carbonyl (C=O) groups is 2. The Morgan fingerprint density at radius 3 is 2.36 bits per heavy atom. The van der Waals surface area contributed by atoms with Crippen molar-refractivity contribution < 1.29 is 19.4 Å².